The van der Waals surface area contributed by atoms with Crippen LogP contribution in [-0.2, 0) is 9.84 Å². The summed E-state index contributed by atoms with van der Waals surface area (Å²) in [5, 5.41) is 3.16. The van der Waals surface area contributed by atoms with E-state index in [4.69, 9.17) is 0 Å². The molecule has 5 heteroatoms. The minimum atomic E-state index is -3.17. The zero-order chi connectivity index (χ0) is 16.3. The number of hydrogen-bond donors (Lipinski definition) is 1. The van der Waals surface area contributed by atoms with Crippen molar-refractivity contribution in [2.45, 2.75) is 48.8 Å². The summed E-state index contributed by atoms with van der Waals surface area (Å²) in [5.41, 5.74) is 2.00. The first-order valence-electron chi connectivity index (χ1n) is 8.08. The van der Waals surface area contributed by atoms with Gasteiger partial charge in [0.05, 0.1) is 15.8 Å². The minimum Gasteiger partial charge on any atom is -0.377 e. The molecule has 0 spiro atoms. The van der Waals surface area contributed by atoms with Gasteiger partial charge in [0.15, 0.2) is 9.84 Å². The number of sulfone groups is 1. The molecule has 3 rings (SSSR count). The number of pyridine rings is 1. The fourth-order valence-electron chi connectivity index (χ4n) is 3.12. The molecule has 0 amide bonds. The molecule has 1 aliphatic rings. The first-order valence-corrected chi connectivity index (χ1v) is 9.62. The van der Waals surface area contributed by atoms with Crippen molar-refractivity contribution in [1.29, 1.82) is 0 Å². The van der Waals surface area contributed by atoms with E-state index in [0.29, 0.717) is 4.90 Å². The normalized spacial score (nSPS) is 17.1. The summed E-state index contributed by atoms with van der Waals surface area (Å²) in [6.45, 7) is 2.05. The van der Waals surface area contributed by atoms with Gasteiger partial charge in [-0.3, -0.25) is 4.98 Å². The quantitative estimate of drug-likeness (QED) is 0.901. The Labute approximate surface area is 137 Å². The van der Waals surface area contributed by atoms with Crippen molar-refractivity contribution in [2.24, 2.45) is 0 Å². The van der Waals surface area contributed by atoms with Crippen LogP contribution in [0.1, 0.15) is 44.2 Å². The van der Waals surface area contributed by atoms with E-state index in [-0.39, 0.29) is 11.3 Å². The highest BCUT2D eigenvalue weighted by Crippen LogP contribution is 2.30. The van der Waals surface area contributed by atoms with Crippen LogP contribution in [0, 0.1) is 0 Å². The van der Waals surface area contributed by atoms with Gasteiger partial charge in [0.1, 0.15) is 0 Å². The van der Waals surface area contributed by atoms with E-state index in [2.05, 4.69) is 10.3 Å². The smallest absolute Gasteiger partial charge is 0.181 e. The topological polar surface area (TPSA) is 59.1 Å². The number of aromatic nitrogens is 1. The van der Waals surface area contributed by atoms with Gasteiger partial charge in [-0.2, -0.15) is 0 Å². The molecule has 1 aromatic heterocycles. The Morgan fingerprint density at radius 2 is 1.83 bits per heavy atom. The van der Waals surface area contributed by atoms with Crippen LogP contribution in [0.4, 0.5) is 5.69 Å². The van der Waals surface area contributed by atoms with E-state index in [1.54, 1.807) is 24.5 Å². The molecule has 1 fully saturated rings. The fourth-order valence-corrected chi connectivity index (χ4v) is 4.97. The number of anilines is 1. The highest BCUT2D eigenvalue weighted by atomic mass is 32.2. The molecule has 2 aromatic rings. The zero-order valence-electron chi connectivity index (χ0n) is 13.3. The first-order chi connectivity index (χ1) is 11.1. The van der Waals surface area contributed by atoms with Crippen molar-refractivity contribution >= 4 is 15.5 Å². The van der Waals surface area contributed by atoms with E-state index in [0.717, 1.165) is 36.9 Å². The van der Waals surface area contributed by atoms with Crippen molar-refractivity contribution in [1.82, 2.24) is 4.98 Å². The zero-order valence-corrected chi connectivity index (χ0v) is 14.1. The summed E-state index contributed by atoms with van der Waals surface area (Å²) >= 11 is 0. The SMILES string of the molecule is CC(Nc1cccnc1)c1ccc(S(=O)(=O)C2CCCC2)cc1. The molecular weight excluding hydrogens is 308 g/mol. The molecule has 1 atom stereocenters. The van der Waals surface area contributed by atoms with Crippen molar-refractivity contribution in [3.8, 4) is 0 Å². The van der Waals surface area contributed by atoms with E-state index in [1.807, 2.05) is 31.2 Å². The van der Waals surface area contributed by atoms with E-state index < -0.39 is 9.84 Å². The fraction of sp³-hybridized carbons (Fsp3) is 0.389. The maximum atomic E-state index is 12.6. The van der Waals surface area contributed by atoms with Crippen molar-refractivity contribution < 1.29 is 8.42 Å². The number of benzene rings is 1. The van der Waals surface area contributed by atoms with Gasteiger partial charge in [0.25, 0.3) is 0 Å². The van der Waals surface area contributed by atoms with E-state index in [1.165, 1.54) is 0 Å². The standard InChI is InChI=1S/C18H22N2O2S/c1-14(20-16-5-4-12-19-13-16)15-8-10-18(11-9-15)23(21,22)17-6-2-3-7-17/h4-5,8-14,17,20H,2-3,6-7H2,1H3. The monoisotopic (exact) mass is 330 g/mol. The van der Waals surface area contributed by atoms with Gasteiger partial charge in [-0.25, -0.2) is 8.42 Å². The molecule has 1 unspecified atom stereocenters. The van der Waals surface area contributed by atoms with Crippen molar-refractivity contribution in [2.75, 3.05) is 5.32 Å². The lowest BCUT2D eigenvalue weighted by atomic mass is 10.1. The first kappa shape index (κ1) is 16.0. The molecule has 122 valence electrons. The van der Waals surface area contributed by atoms with Gasteiger partial charge in [0.2, 0.25) is 0 Å². The summed E-state index contributed by atoms with van der Waals surface area (Å²) in [7, 11) is -3.17. The Balaban J connectivity index is 1.74. The Hall–Kier alpha value is -1.88. The van der Waals surface area contributed by atoms with Crippen LogP contribution in [-0.4, -0.2) is 18.7 Å². The lowest BCUT2D eigenvalue weighted by Gasteiger charge is -2.16. The van der Waals surface area contributed by atoms with Gasteiger partial charge in [0, 0.05) is 18.4 Å². The highest BCUT2D eigenvalue weighted by Gasteiger charge is 2.30. The molecule has 1 heterocycles. The van der Waals surface area contributed by atoms with Crippen LogP contribution in [0.25, 0.3) is 0 Å². The highest BCUT2D eigenvalue weighted by molar-refractivity contribution is 7.92. The molecule has 0 saturated heterocycles. The minimum absolute atomic E-state index is 0.0856. The third-order valence-corrected chi connectivity index (χ3v) is 6.77. The molecule has 1 N–H and O–H groups in total. The predicted octanol–water partition coefficient (Wildman–Crippen LogP) is 3.97. The third kappa shape index (κ3) is 3.55. The number of nitrogens with one attached hydrogen (secondary N) is 1. The van der Waals surface area contributed by atoms with Crippen LogP contribution in [0.5, 0.6) is 0 Å². The third-order valence-electron chi connectivity index (χ3n) is 4.49. The second kappa shape index (κ2) is 6.71. The van der Waals surface area contributed by atoms with Crippen LogP contribution < -0.4 is 5.32 Å². The van der Waals surface area contributed by atoms with Crippen LogP contribution in [0.2, 0.25) is 0 Å². The van der Waals surface area contributed by atoms with E-state index >= 15 is 0 Å². The van der Waals surface area contributed by atoms with Crippen molar-refractivity contribution in [3.63, 3.8) is 0 Å². The molecule has 0 bridgehead atoms. The van der Waals surface area contributed by atoms with Gasteiger partial charge in [-0.15, -0.1) is 0 Å². The van der Waals surface area contributed by atoms with Crippen LogP contribution in [0.3, 0.4) is 0 Å². The molecule has 4 nitrogen and oxygen atoms in total. The summed E-state index contributed by atoms with van der Waals surface area (Å²) in [4.78, 5) is 4.53. The molecule has 0 radical (unpaired) electrons. The van der Waals surface area contributed by atoms with Crippen LogP contribution in [0.15, 0.2) is 53.7 Å². The number of hydrogen-bond acceptors (Lipinski definition) is 4. The maximum Gasteiger partial charge on any atom is 0.181 e. The average molecular weight is 330 g/mol. The molecule has 23 heavy (non-hydrogen) atoms. The summed E-state index contributed by atoms with van der Waals surface area (Å²) in [6, 6.07) is 11.2. The summed E-state index contributed by atoms with van der Waals surface area (Å²) < 4.78 is 25.2. The number of nitrogens with zero attached hydrogens (tertiary/aromatic N) is 1. The van der Waals surface area contributed by atoms with Crippen molar-refractivity contribution in [3.05, 3.63) is 54.4 Å². The Bertz CT molecular complexity index is 736. The molecule has 1 aromatic carbocycles. The molecule has 1 saturated carbocycles. The Morgan fingerprint density at radius 3 is 2.43 bits per heavy atom. The van der Waals surface area contributed by atoms with E-state index in [9.17, 15) is 8.42 Å². The van der Waals surface area contributed by atoms with Crippen LogP contribution >= 0.6 is 0 Å². The lowest BCUT2D eigenvalue weighted by Crippen LogP contribution is -2.18. The van der Waals surface area contributed by atoms with Gasteiger partial charge < -0.3 is 5.32 Å². The Morgan fingerprint density at radius 1 is 1.13 bits per heavy atom. The Kier molecular flexibility index (Phi) is 4.66. The number of rotatable bonds is 5. The average Bonchev–Trinajstić information content (AvgIpc) is 3.11. The molecular formula is C18H22N2O2S. The second-order valence-corrected chi connectivity index (χ2v) is 8.36. The molecule has 1 aliphatic carbocycles. The predicted molar refractivity (Wildman–Crippen MR) is 92.2 cm³/mol. The second-order valence-electron chi connectivity index (χ2n) is 6.13. The van der Waals surface area contributed by atoms with Gasteiger partial charge in [-0.05, 0) is 49.6 Å². The summed E-state index contributed by atoms with van der Waals surface area (Å²) in [6.07, 6.45) is 7.14. The lowest BCUT2D eigenvalue weighted by molar-refractivity contribution is 0.579. The largest absolute Gasteiger partial charge is 0.377 e. The molecule has 0 aliphatic heterocycles. The summed E-state index contributed by atoms with van der Waals surface area (Å²) in [5.74, 6) is 0. The van der Waals surface area contributed by atoms with Gasteiger partial charge >= 0.3 is 0 Å². The maximum absolute atomic E-state index is 12.6. The van der Waals surface area contributed by atoms with Gasteiger partial charge in [-0.1, -0.05) is 25.0 Å².